The molecule has 0 bridgehead atoms. The van der Waals surface area contributed by atoms with Crippen LogP contribution >= 0.6 is 0 Å². The SMILES string of the molecule is CCCc1cc2c(F)c(C)ccc2[nH]1. The molecule has 0 radical (unpaired) electrons. The monoisotopic (exact) mass is 191 g/mol. The highest BCUT2D eigenvalue weighted by Gasteiger charge is 2.06. The third-order valence-electron chi connectivity index (χ3n) is 2.51. The molecule has 1 N–H and O–H groups in total. The molecule has 0 unspecified atom stereocenters. The molecule has 1 nitrogen and oxygen atoms in total. The Kier molecular flexibility index (Phi) is 2.28. The second kappa shape index (κ2) is 3.45. The van der Waals surface area contributed by atoms with Gasteiger partial charge in [0.15, 0.2) is 0 Å². The van der Waals surface area contributed by atoms with E-state index in [0.29, 0.717) is 10.9 Å². The van der Waals surface area contributed by atoms with Gasteiger partial charge in [0.05, 0.1) is 0 Å². The van der Waals surface area contributed by atoms with Gasteiger partial charge in [0, 0.05) is 16.6 Å². The van der Waals surface area contributed by atoms with Gasteiger partial charge in [0.25, 0.3) is 0 Å². The molecular weight excluding hydrogens is 177 g/mol. The van der Waals surface area contributed by atoms with Crippen molar-refractivity contribution in [3.63, 3.8) is 0 Å². The minimum Gasteiger partial charge on any atom is -0.358 e. The Morgan fingerprint density at radius 3 is 2.86 bits per heavy atom. The van der Waals surface area contributed by atoms with Crippen LogP contribution in [-0.4, -0.2) is 4.98 Å². The smallest absolute Gasteiger partial charge is 0.135 e. The minimum absolute atomic E-state index is 0.0962. The maximum Gasteiger partial charge on any atom is 0.135 e. The van der Waals surface area contributed by atoms with Gasteiger partial charge in [-0.15, -0.1) is 0 Å². The zero-order valence-electron chi connectivity index (χ0n) is 8.52. The normalized spacial score (nSPS) is 11.1. The summed E-state index contributed by atoms with van der Waals surface area (Å²) in [7, 11) is 0. The fraction of sp³-hybridized carbons (Fsp3) is 0.333. The average Bonchev–Trinajstić information content (AvgIpc) is 2.56. The number of hydrogen-bond donors (Lipinski definition) is 1. The van der Waals surface area contributed by atoms with E-state index in [1.165, 1.54) is 0 Å². The highest BCUT2D eigenvalue weighted by atomic mass is 19.1. The van der Waals surface area contributed by atoms with E-state index in [-0.39, 0.29) is 5.82 Å². The van der Waals surface area contributed by atoms with Gasteiger partial charge >= 0.3 is 0 Å². The molecule has 1 aromatic heterocycles. The molecule has 0 saturated carbocycles. The first-order valence-corrected chi connectivity index (χ1v) is 4.99. The predicted molar refractivity (Wildman–Crippen MR) is 57.0 cm³/mol. The van der Waals surface area contributed by atoms with Gasteiger partial charge in [-0.1, -0.05) is 19.4 Å². The molecule has 2 rings (SSSR count). The Bertz CT molecular complexity index is 457. The molecule has 1 aromatic carbocycles. The predicted octanol–water partition coefficient (Wildman–Crippen LogP) is 3.57. The molecule has 0 saturated heterocycles. The first-order chi connectivity index (χ1) is 6.72. The Morgan fingerprint density at radius 1 is 1.36 bits per heavy atom. The highest BCUT2D eigenvalue weighted by molar-refractivity contribution is 5.81. The summed E-state index contributed by atoms with van der Waals surface area (Å²) in [4.78, 5) is 3.22. The number of fused-ring (bicyclic) bond motifs is 1. The first kappa shape index (κ1) is 9.25. The van der Waals surface area contributed by atoms with E-state index in [2.05, 4.69) is 11.9 Å². The molecule has 2 heteroatoms. The molecular formula is C12H14FN. The van der Waals surface area contributed by atoms with Crippen molar-refractivity contribution in [2.75, 3.05) is 0 Å². The Balaban J connectivity index is 2.59. The number of aromatic nitrogens is 1. The number of rotatable bonds is 2. The molecule has 14 heavy (non-hydrogen) atoms. The van der Waals surface area contributed by atoms with Crippen molar-refractivity contribution in [3.8, 4) is 0 Å². The molecule has 1 heterocycles. The number of hydrogen-bond acceptors (Lipinski definition) is 0. The van der Waals surface area contributed by atoms with Crippen molar-refractivity contribution in [2.24, 2.45) is 0 Å². The number of nitrogens with one attached hydrogen (secondary N) is 1. The molecule has 0 atom stereocenters. The number of H-pyrrole nitrogens is 1. The number of halogens is 1. The quantitative estimate of drug-likeness (QED) is 0.747. The van der Waals surface area contributed by atoms with E-state index >= 15 is 0 Å². The molecule has 0 aliphatic carbocycles. The van der Waals surface area contributed by atoms with Crippen LogP contribution in [-0.2, 0) is 6.42 Å². The third-order valence-corrected chi connectivity index (χ3v) is 2.51. The summed E-state index contributed by atoms with van der Waals surface area (Å²) in [5.41, 5.74) is 2.73. The van der Waals surface area contributed by atoms with E-state index in [1.54, 1.807) is 6.92 Å². The van der Waals surface area contributed by atoms with Crippen LogP contribution in [0.5, 0.6) is 0 Å². The van der Waals surface area contributed by atoms with E-state index in [4.69, 9.17) is 0 Å². The van der Waals surface area contributed by atoms with Crippen LogP contribution in [0, 0.1) is 12.7 Å². The molecule has 0 aliphatic heterocycles. The van der Waals surface area contributed by atoms with Crippen molar-refractivity contribution in [1.29, 1.82) is 0 Å². The Labute approximate surface area is 82.9 Å². The number of aromatic amines is 1. The van der Waals surface area contributed by atoms with Crippen LogP contribution in [0.4, 0.5) is 4.39 Å². The summed E-state index contributed by atoms with van der Waals surface area (Å²) >= 11 is 0. The fourth-order valence-electron chi connectivity index (χ4n) is 1.74. The van der Waals surface area contributed by atoms with Gasteiger partial charge in [0.2, 0.25) is 0 Å². The molecule has 0 amide bonds. The van der Waals surface area contributed by atoms with Crippen molar-refractivity contribution in [3.05, 3.63) is 35.3 Å². The molecule has 74 valence electrons. The number of benzene rings is 1. The summed E-state index contributed by atoms with van der Waals surface area (Å²) in [5.74, 6) is -0.0962. The summed E-state index contributed by atoms with van der Waals surface area (Å²) < 4.78 is 13.6. The van der Waals surface area contributed by atoms with Crippen LogP contribution in [0.3, 0.4) is 0 Å². The molecule has 0 fully saturated rings. The van der Waals surface area contributed by atoms with Crippen molar-refractivity contribution in [1.82, 2.24) is 4.98 Å². The summed E-state index contributed by atoms with van der Waals surface area (Å²) in [6.07, 6.45) is 2.06. The van der Waals surface area contributed by atoms with Crippen LogP contribution in [0.2, 0.25) is 0 Å². The highest BCUT2D eigenvalue weighted by Crippen LogP contribution is 2.22. The van der Waals surface area contributed by atoms with Crippen molar-refractivity contribution >= 4 is 10.9 Å². The van der Waals surface area contributed by atoms with Crippen LogP contribution in [0.25, 0.3) is 10.9 Å². The third kappa shape index (κ3) is 1.41. The molecule has 0 aliphatic rings. The molecule has 0 spiro atoms. The van der Waals surface area contributed by atoms with Crippen molar-refractivity contribution in [2.45, 2.75) is 26.7 Å². The van der Waals surface area contributed by atoms with E-state index in [1.807, 2.05) is 18.2 Å². The second-order valence-electron chi connectivity index (χ2n) is 3.70. The van der Waals surface area contributed by atoms with E-state index in [0.717, 1.165) is 24.1 Å². The Morgan fingerprint density at radius 2 is 2.14 bits per heavy atom. The summed E-state index contributed by atoms with van der Waals surface area (Å²) in [6.45, 7) is 3.91. The van der Waals surface area contributed by atoms with Crippen LogP contribution in [0.1, 0.15) is 24.6 Å². The largest absolute Gasteiger partial charge is 0.358 e. The van der Waals surface area contributed by atoms with Gasteiger partial charge in [-0.05, 0) is 31.0 Å². The maximum absolute atomic E-state index is 13.6. The lowest BCUT2D eigenvalue weighted by atomic mass is 10.1. The Hall–Kier alpha value is -1.31. The van der Waals surface area contributed by atoms with Gasteiger partial charge in [-0.2, -0.15) is 0 Å². The second-order valence-corrected chi connectivity index (χ2v) is 3.70. The fourth-order valence-corrected chi connectivity index (χ4v) is 1.74. The summed E-state index contributed by atoms with van der Waals surface area (Å²) in [6, 6.07) is 5.66. The van der Waals surface area contributed by atoms with Gasteiger partial charge in [-0.25, -0.2) is 4.39 Å². The van der Waals surface area contributed by atoms with Crippen LogP contribution in [0.15, 0.2) is 18.2 Å². The lowest BCUT2D eigenvalue weighted by Crippen LogP contribution is -1.81. The number of aryl methyl sites for hydroxylation is 2. The first-order valence-electron chi connectivity index (χ1n) is 4.99. The maximum atomic E-state index is 13.6. The minimum atomic E-state index is -0.0962. The standard InChI is InChI=1S/C12H14FN/c1-3-4-9-7-10-11(14-9)6-5-8(2)12(10)13/h5-7,14H,3-4H2,1-2H3. The lowest BCUT2D eigenvalue weighted by molar-refractivity contribution is 0.631. The molecule has 2 aromatic rings. The lowest BCUT2D eigenvalue weighted by Gasteiger charge is -1.95. The summed E-state index contributed by atoms with van der Waals surface area (Å²) in [5, 5.41) is 0.716. The zero-order valence-corrected chi connectivity index (χ0v) is 8.52. The van der Waals surface area contributed by atoms with Gasteiger partial charge in [0.1, 0.15) is 5.82 Å². The van der Waals surface area contributed by atoms with Crippen molar-refractivity contribution < 1.29 is 4.39 Å². The van der Waals surface area contributed by atoms with E-state index in [9.17, 15) is 4.39 Å². The van der Waals surface area contributed by atoms with Gasteiger partial charge < -0.3 is 4.98 Å². The van der Waals surface area contributed by atoms with Gasteiger partial charge in [-0.3, -0.25) is 0 Å². The van der Waals surface area contributed by atoms with Crippen LogP contribution < -0.4 is 0 Å². The zero-order chi connectivity index (χ0) is 10.1. The topological polar surface area (TPSA) is 15.8 Å². The van der Waals surface area contributed by atoms with E-state index < -0.39 is 0 Å². The average molecular weight is 191 g/mol.